The molecule has 7 heteroatoms. The van der Waals surface area contributed by atoms with Gasteiger partial charge in [-0.05, 0) is 65.1 Å². The van der Waals surface area contributed by atoms with Crippen molar-refractivity contribution in [3.8, 4) is 0 Å². The van der Waals surface area contributed by atoms with Crippen LogP contribution in [0.1, 0.15) is 15.9 Å². The highest BCUT2D eigenvalue weighted by atomic mass is 127. The monoisotopic (exact) mass is 424 g/mol. The van der Waals surface area contributed by atoms with Crippen LogP contribution in [0.15, 0.2) is 52.3 Å². The molecule has 2 aromatic carbocycles. The maximum atomic E-state index is 12.8. The molecule has 0 radical (unpaired) electrons. The van der Waals surface area contributed by atoms with E-state index >= 15 is 0 Å². The predicted octanol–water partition coefficient (Wildman–Crippen LogP) is 5.16. The van der Waals surface area contributed by atoms with Crippen molar-refractivity contribution in [3.05, 3.63) is 57.2 Å². The zero-order valence-corrected chi connectivity index (χ0v) is 13.3. The average Bonchev–Trinajstić information content (AvgIpc) is 2.40. The fourth-order valence-corrected chi connectivity index (χ4v) is 3.09. The van der Waals surface area contributed by atoms with Crippen LogP contribution in [0.3, 0.4) is 0 Å². The highest BCUT2D eigenvalue weighted by Crippen LogP contribution is 2.37. The molecular formula is C14H8F3IO2S. The lowest BCUT2D eigenvalue weighted by Gasteiger charge is -2.11. The molecular weight excluding hydrogens is 416 g/mol. The summed E-state index contributed by atoms with van der Waals surface area (Å²) in [5, 5.41) is 8.79. The minimum Gasteiger partial charge on any atom is -0.478 e. The van der Waals surface area contributed by atoms with E-state index in [4.69, 9.17) is 5.11 Å². The van der Waals surface area contributed by atoms with Crippen molar-refractivity contribution in [2.75, 3.05) is 0 Å². The molecule has 0 unspecified atom stereocenters. The number of aromatic carboxylic acids is 1. The summed E-state index contributed by atoms with van der Waals surface area (Å²) in [6.07, 6.45) is -4.39. The number of carbonyl (C=O) groups is 1. The van der Waals surface area contributed by atoms with Crippen molar-refractivity contribution in [2.45, 2.75) is 16.0 Å². The summed E-state index contributed by atoms with van der Waals surface area (Å²) in [5.74, 6) is -1.04. The Kier molecular flexibility index (Phi) is 4.82. The van der Waals surface area contributed by atoms with E-state index in [0.717, 1.165) is 17.8 Å². The second-order valence-corrected chi connectivity index (χ2v) is 6.38. The van der Waals surface area contributed by atoms with Crippen LogP contribution in [0, 0.1) is 3.57 Å². The van der Waals surface area contributed by atoms with Crippen molar-refractivity contribution < 1.29 is 23.1 Å². The van der Waals surface area contributed by atoms with Crippen molar-refractivity contribution in [2.24, 2.45) is 0 Å². The van der Waals surface area contributed by atoms with Gasteiger partial charge >= 0.3 is 12.1 Å². The summed E-state index contributed by atoms with van der Waals surface area (Å²) in [6.45, 7) is 0. The molecule has 0 saturated carbocycles. The van der Waals surface area contributed by atoms with E-state index in [2.05, 4.69) is 0 Å². The van der Waals surface area contributed by atoms with Gasteiger partial charge in [0.05, 0.1) is 11.1 Å². The van der Waals surface area contributed by atoms with Crippen LogP contribution < -0.4 is 0 Å². The maximum absolute atomic E-state index is 12.8. The van der Waals surface area contributed by atoms with E-state index < -0.39 is 17.7 Å². The fourth-order valence-electron chi connectivity index (χ4n) is 1.59. The van der Waals surface area contributed by atoms with Gasteiger partial charge < -0.3 is 5.11 Å². The van der Waals surface area contributed by atoms with Gasteiger partial charge in [-0.1, -0.05) is 11.8 Å². The number of halogens is 4. The Balaban J connectivity index is 2.26. The lowest BCUT2D eigenvalue weighted by molar-refractivity contribution is -0.138. The van der Waals surface area contributed by atoms with E-state index in [-0.39, 0.29) is 9.13 Å². The molecule has 1 N–H and O–H groups in total. The number of carboxylic acid groups (broad SMARTS) is 1. The topological polar surface area (TPSA) is 37.3 Å². The van der Waals surface area contributed by atoms with Crippen LogP contribution in [-0.2, 0) is 6.18 Å². The summed E-state index contributed by atoms with van der Waals surface area (Å²) >= 11 is 2.80. The molecule has 0 aliphatic rings. The van der Waals surface area contributed by atoms with Gasteiger partial charge in [0.25, 0.3) is 0 Å². The average molecular weight is 424 g/mol. The molecule has 0 atom stereocenters. The van der Waals surface area contributed by atoms with Gasteiger partial charge in [-0.2, -0.15) is 13.2 Å². The van der Waals surface area contributed by atoms with Crippen molar-refractivity contribution in [1.29, 1.82) is 0 Å². The van der Waals surface area contributed by atoms with E-state index in [1.165, 1.54) is 18.2 Å². The first-order chi connectivity index (χ1) is 9.77. The zero-order chi connectivity index (χ0) is 15.6. The fraction of sp³-hybridized carbons (Fsp3) is 0.0714. The first-order valence-electron chi connectivity index (χ1n) is 5.65. The lowest BCUT2D eigenvalue weighted by Crippen LogP contribution is -2.07. The smallest absolute Gasteiger partial charge is 0.417 e. The Bertz CT molecular complexity index is 669. The molecule has 0 saturated heterocycles. The molecule has 0 heterocycles. The number of carboxylic acids is 1. The maximum Gasteiger partial charge on any atom is 0.417 e. The number of hydrogen-bond donors (Lipinski definition) is 1. The molecule has 0 amide bonds. The molecule has 110 valence electrons. The van der Waals surface area contributed by atoms with Crippen LogP contribution in [0.2, 0.25) is 0 Å². The van der Waals surface area contributed by atoms with E-state index in [0.29, 0.717) is 9.79 Å². The molecule has 0 spiro atoms. The molecule has 2 nitrogen and oxygen atoms in total. The van der Waals surface area contributed by atoms with Crippen molar-refractivity contribution in [1.82, 2.24) is 0 Å². The summed E-state index contributed by atoms with van der Waals surface area (Å²) < 4.78 is 38.6. The zero-order valence-electron chi connectivity index (χ0n) is 10.3. The van der Waals surface area contributed by atoms with Crippen LogP contribution in [0.25, 0.3) is 0 Å². The molecule has 0 aliphatic heterocycles. The molecule has 0 fully saturated rings. The quantitative estimate of drug-likeness (QED) is 0.692. The van der Waals surface area contributed by atoms with Crippen molar-refractivity contribution in [3.63, 3.8) is 0 Å². The number of rotatable bonds is 3. The summed E-state index contributed by atoms with van der Waals surface area (Å²) in [7, 11) is 0. The van der Waals surface area contributed by atoms with E-state index in [1.807, 2.05) is 0 Å². The number of hydrogen-bond acceptors (Lipinski definition) is 2. The molecule has 0 aliphatic carbocycles. The summed E-state index contributed by atoms with van der Waals surface area (Å²) in [6, 6.07) is 10.1. The third-order valence-corrected chi connectivity index (χ3v) is 4.52. The Hall–Kier alpha value is -1.22. The first kappa shape index (κ1) is 16.2. The van der Waals surface area contributed by atoms with E-state index in [1.54, 1.807) is 40.8 Å². The Morgan fingerprint density at radius 3 is 2.14 bits per heavy atom. The lowest BCUT2D eigenvalue weighted by atomic mass is 10.2. The third kappa shape index (κ3) is 4.13. The molecule has 0 aromatic heterocycles. The normalized spacial score (nSPS) is 11.4. The van der Waals surface area contributed by atoms with Gasteiger partial charge in [-0.3, -0.25) is 0 Å². The summed E-state index contributed by atoms with van der Waals surface area (Å²) in [4.78, 5) is 11.9. The highest BCUT2D eigenvalue weighted by Gasteiger charge is 2.33. The molecule has 0 bridgehead atoms. The van der Waals surface area contributed by atoms with Gasteiger partial charge in [0, 0.05) is 13.4 Å². The number of benzene rings is 2. The van der Waals surface area contributed by atoms with Gasteiger partial charge in [0.1, 0.15) is 0 Å². The SMILES string of the molecule is O=C(O)c1ccc(Sc2ccc(I)c(C(F)(F)F)c2)cc1. The minimum absolute atomic E-state index is 0.137. The Labute approximate surface area is 136 Å². The second kappa shape index (κ2) is 6.27. The first-order valence-corrected chi connectivity index (χ1v) is 7.55. The van der Waals surface area contributed by atoms with Crippen molar-refractivity contribution >= 4 is 40.3 Å². The predicted molar refractivity (Wildman–Crippen MR) is 81.7 cm³/mol. The Morgan fingerprint density at radius 1 is 1.05 bits per heavy atom. The molecule has 2 aromatic rings. The van der Waals surface area contributed by atoms with Gasteiger partial charge in [-0.25, -0.2) is 4.79 Å². The standard InChI is InChI=1S/C14H8F3IO2S/c15-14(16,17)11-7-10(5-6-12(11)18)21-9-3-1-8(2-4-9)13(19)20/h1-7H,(H,19,20). The molecule has 2 rings (SSSR count). The van der Waals surface area contributed by atoms with Crippen LogP contribution in [0.5, 0.6) is 0 Å². The van der Waals surface area contributed by atoms with Gasteiger partial charge in [-0.15, -0.1) is 0 Å². The summed E-state index contributed by atoms with van der Waals surface area (Å²) in [5.41, 5.74) is -0.534. The Morgan fingerprint density at radius 2 is 1.62 bits per heavy atom. The number of alkyl halides is 3. The van der Waals surface area contributed by atoms with Crippen LogP contribution >= 0.6 is 34.4 Å². The second-order valence-electron chi connectivity index (χ2n) is 4.07. The largest absolute Gasteiger partial charge is 0.478 e. The third-order valence-electron chi connectivity index (χ3n) is 2.58. The van der Waals surface area contributed by atoms with Gasteiger partial charge in [0.15, 0.2) is 0 Å². The molecule has 21 heavy (non-hydrogen) atoms. The van der Waals surface area contributed by atoms with Gasteiger partial charge in [0.2, 0.25) is 0 Å². The highest BCUT2D eigenvalue weighted by molar-refractivity contribution is 14.1. The minimum atomic E-state index is -4.39. The van der Waals surface area contributed by atoms with Crippen LogP contribution in [0.4, 0.5) is 13.2 Å². The van der Waals surface area contributed by atoms with E-state index in [9.17, 15) is 18.0 Å². The van der Waals surface area contributed by atoms with Crippen LogP contribution in [-0.4, -0.2) is 11.1 Å².